The van der Waals surface area contributed by atoms with E-state index in [1.807, 2.05) is 0 Å². The molecule has 1 aromatic heterocycles. The lowest BCUT2D eigenvalue weighted by Crippen LogP contribution is -2.14. The van der Waals surface area contributed by atoms with E-state index in [0.29, 0.717) is 0 Å². The Morgan fingerprint density at radius 1 is 0.969 bits per heavy atom. The van der Waals surface area contributed by atoms with Crippen LogP contribution in [0.3, 0.4) is 0 Å². The second kappa shape index (κ2) is 8.13. The third-order valence-corrected chi connectivity index (χ3v) is 5.42. The van der Waals surface area contributed by atoms with Crippen molar-refractivity contribution < 1.29 is 39.9 Å². The molecule has 0 bridgehead atoms. The van der Waals surface area contributed by atoms with Crippen LogP contribution in [0, 0.1) is 0 Å². The highest BCUT2D eigenvalue weighted by Gasteiger charge is 2.42. The van der Waals surface area contributed by atoms with Crippen LogP contribution in [0.4, 0.5) is 32.0 Å². The fourth-order valence-electron chi connectivity index (χ4n) is 2.77. The third-order valence-electron chi connectivity index (χ3n) is 4.31. The first-order chi connectivity index (χ1) is 14.7. The van der Waals surface area contributed by atoms with E-state index >= 15 is 0 Å². The van der Waals surface area contributed by atoms with Crippen molar-refractivity contribution in [3.63, 3.8) is 0 Å². The van der Waals surface area contributed by atoms with Gasteiger partial charge < -0.3 is 10.4 Å². The predicted molar refractivity (Wildman–Crippen MR) is 102 cm³/mol. The molecular weight excluding hydrogens is 464 g/mol. The number of hydrogen-bond acceptors (Lipinski definition) is 5. The summed E-state index contributed by atoms with van der Waals surface area (Å²) in [5, 5.41) is 15.9. The van der Waals surface area contributed by atoms with Gasteiger partial charge in [0.05, 0.1) is 10.6 Å². The number of hydrogen-bond donors (Lipinski definition) is 2. The molecule has 13 heteroatoms. The SMILES string of the molecule is CS(=O)(=O)c1cccc(C(O)Nc2ccc(-n3nc(C(F)(F)F)cc3C(F)(F)F)cc2)c1. The van der Waals surface area contributed by atoms with Crippen LogP contribution in [-0.4, -0.2) is 29.6 Å². The standard InChI is InChI=1S/C19H15F6N3O3S/c1-32(30,31)14-4-2-3-11(9-14)17(29)26-12-5-7-13(8-6-12)28-16(19(23,24)25)10-15(27-28)18(20,21)22/h2-10,17,26,29H,1H3. The van der Waals surface area contributed by atoms with Crippen molar-refractivity contribution in [1.82, 2.24) is 9.78 Å². The van der Waals surface area contributed by atoms with Crippen LogP contribution in [0.1, 0.15) is 23.2 Å². The lowest BCUT2D eigenvalue weighted by atomic mass is 10.2. The number of sulfone groups is 1. The number of nitrogens with zero attached hydrogens (tertiary/aromatic N) is 2. The Balaban J connectivity index is 1.87. The maximum absolute atomic E-state index is 13.2. The van der Waals surface area contributed by atoms with Gasteiger partial charge in [0.2, 0.25) is 0 Å². The molecule has 0 saturated heterocycles. The van der Waals surface area contributed by atoms with Gasteiger partial charge in [-0.1, -0.05) is 12.1 Å². The second-order valence-corrected chi connectivity index (χ2v) is 8.78. The first kappa shape index (κ1) is 23.6. The van der Waals surface area contributed by atoms with Crippen LogP contribution in [-0.2, 0) is 22.2 Å². The van der Waals surface area contributed by atoms with Gasteiger partial charge in [-0.25, -0.2) is 13.1 Å². The Labute approximate surface area is 178 Å². The van der Waals surface area contributed by atoms with E-state index in [1.54, 1.807) is 0 Å². The summed E-state index contributed by atoms with van der Waals surface area (Å²) in [6.45, 7) is 0. The average Bonchev–Trinajstić information content (AvgIpc) is 3.14. The Morgan fingerprint density at radius 2 is 1.59 bits per heavy atom. The van der Waals surface area contributed by atoms with Crippen molar-refractivity contribution >= 4 is 15.5 Å². The molecular formula is C19H15F6N3O3S. The number of aromatic nitrogens is 2. The highest BCUT2D eigenvalue weighted by atomic mass is 32.2. The van der Waals surface area contributed by atoms with E-state index in [9.17, 15) is 39.9 Å². The molecule has 0 aliphatic rings. The highest BCUT2D eigenvalue weighted by Crippen LogP contribution is 2.36. The Hall–Kier alpha value is -3.06. The van der Waals surface area contributed by atoms with Gasteiger partial charge >= 0.3 is 12.4 Å². The molecule has 2 aromatic carbocycles. The van der Waals surface area contributed by atoms with Gasteiger partial charge in [-0.2, -0.15) is 31.4 Å². The van der Waals surface area contributed by atoms with E-state index in [1.165, 1.54) is 36.4 Å². The molecule has 0 radical (unpaired) electrons. The fraction of sp³-hybridized carbons (Fsp3) is 0.211. The lowest BCUT2D eigenvalue weighted by molar-refractivity contribution is -0.143. The molecule has 0 fully saturated rings. The monoisotopic (exact) mass is 479 g/mol. The van der Waals surface area contributed by atoms with Crippen LogP contribution < -0.4 is 5.32 Å². The topological polar surface area (TPSA) is 84.2 Å². The normalized spacial score (nSPS) is 13.8. The van der Waals surface area contributed by atoms with Gasteiger partial charge in [-0.15, -0.1) is 0 Å². The second-order valence-electron chi connectivity index (χ2n) is 6.76. The van der Waals surface area contributed by atoms with Crippen molar-refractivity contribution in [3.8, 4) is 5.69 Å². The van der Waals surface area contributed by atoms with Crippen molar-refractivity contribution in [1.29, 1.82) is 0 Å². The van der Waals surface area contributed by atoms with E-state index in [4.69, 9.17) is 0 Å². The zero-order valence-electron chi connectivity index (χ0n) is 16.1. The van der Waals surface area contributed by atoms with E-state index in [0.717, 1.165) is 18.4 Å². The summed E-state index contributed by atoms with van der Waals surface area (Å²) in [7, 11) is -3.51. The van der Waals surface area contributed by atoms with Crippen LogP contribution >= 0.6 is 0 Å². The van der Waals surface area contributed by atoms with Crippen LogP contribution in [0.5, 0.6) is 0 Å². The number of aliphatic hydroxyl groups excluding tert-OH is 1. The third kappa shape index (κ3) is 5.22. The Kier molecular flexibility index (Phi) is 6.00. The van der Waals surface area contributed by atoms with Crippen LogP contribution in [0.15, 0.2) is 59.5 Å². The molecule has 1 atom stereocenters. The van der Waals surface area contributed by atoms with Crippen LogP contribution in [0.25, 0.3) is 5.69 Å². The predicted octanol–water partition coefficient (Wildman–Crippen LogP) is 4.42. The highest BCUT2D eigenvalue weighted by molar-refractivity contribution is 7.90. The summed E-state index contributed by atoms with van der Waals surface area (Å²) in [5.41, 5.74) is -3.15. The largest absolute Gasteiger partial charge is 0.435 e. The Morgan fingerprint density at radius 3 is 2.12 bits per heavy atom. The molecule has 1 heterocycles. The molecule has 0 aliphatic carbocycles. The van der Waals surface area contributed by atoms with Crippen molar-refractivity contribution in [2.75, 3.05) is 11.6 Å². The lowest BCUT2D eigenvalue weighted by Gasteiger charge is -2.16. The number of alkyl halides is 6. The average molecular weight is 479 g/mol. The summed E-state index contributed by atoms with van der Waals surface area (Å²) >= 11 is 0. The minimum Gasteiger partial charge on any atom is -0.369 e. The van der Waals surface area contributed by atoms with Gasteiger partial charge in [0.25, 0.3) is 0 Å². The number of aliphatic hydroxyl groups is 1. The van der Waals surface area contributed by atoms with E-state index in [2.05, 4.69) is 10.4 Å². The maximum Gasteiger partial charge on any atom is 0.435 e. The fourth-order valence-corrected chi connectivity index (χ4v) is 3.45. The molecule has 3 aromatic rings. The Bertz CT molecular complexity index is 1220. The smallest absolute Gasteiger partial charge is 0.369 e. The van der Waals surface area contributed by atoms with E-state index < -0.39 is 39.8 Å². The van der Waals surface area contributed by atoms with Gasteiger partial charge in [0.1, 0.15) is 5.69 Å². The first-order valence-corrected chi connectivity index (χ1v) is 10.6. The summed E-state index contributed by atoms with van der Waals surface area (Å²) in [6.07, 6.45) is -10.5. The van der Waals surface area contributed by atoms with Gasteiger partial charge in [-0.05, 0) is 36.4 Å². The van der Waals surface area contributed by atoms with Crippen LogP contribution in [0.2, 0.25) is 0 Å². The number of rotatable bonds is 5. The summed E-state index contributed by atoms with van der Waals surface area (Å²) in [6, 6.07) is 10.0. The van der Waals surface area contributed by atoms with Gasteiger partial charge in [-0.3, -0.25) is 0 Å². The molecule has 0 aliphatic heterocycles. The quantitative estimate of drug-likeness (QED) is 0.418. The van der Waals surface area contributed by atoms with Crippen molar-refractivity contribution in [3.05, 3.63) is 71.5 Å². The summed E-state index contributed by atoms with van der Waals surface area (Å²) in [4.78, 5) is -0.0231. The molecule has 3 rings (SSSR count). The molecule has 1 unspecified atom stereocenters. The number of nitrogens with one attached hydrogen (secondary N) is 1. The zero-order chi connectivity index (χ0) is 23.9. The van der Waals surface area contributed by atoms with E-state index in [-0.39, 0.29) is 32.6 Å². The summed E-state index contributed by atoms with van der Waals surface area (Å²) in [5.74, 6) is 0. The number of halogens is 6. The zero-order valence-corrected chi connectivity index (χ0v) is 16.9. The number of benzene rings is 2. The molecule has 6 nitrogen and oxygen atoms in total. The molecule has 0 saturated carbocycles. The minimum atomic E-state index is -5.08. The molecule has 0 spiro atoms. The molecule has 172 valence electrons. The van der Waals surface area contributed by atoms with Crippen molar-refractivity contribution in [2.24, 2.45) is 0 Å². The van der Waals surface area contributed by atoms with Gasteiger partial charge in [0, 0.05) is 23.6 Å². The minimum absolute atomic E-state index is 0.0231. The molecule has 2 N–H and O–H groups in total. The van der Waals surface area contributed by atoms with Gasteiger partial charge in [0.15, 0.2) is 21.8 Å². The maximum atomic E-state index is 13.2. The summed E-state index contributed by atoms with van der Waals surface area (Å²) < 4.78 is 101. The molecule has 0 amide bonds. The number of anilines is 1. The molecule has 32 heavy (non-hydrogen) atoms. The van der Waals surface area contributed by atoms with Crippen molar-refractivity contribution in [2.45, 2.75) is 23.5 Å². The first-order valence-electron chi connectivity index (χ1n) is 8.76.